The van der Waals surface area contributed by atoms with Gasteiger partial charge >= 0.3 is 0 Å². The Morgan fingerprint density at radius 1 is 1.25 bits per heavy atom. The molecule has 1 amide bonds. The van der Waals surface area contributed by atoms with Crippen LogP contribution in [0.15, 0.2) is 28.7 Å². The number of nitrogens with zero attached hydrogens (tertiary/aromatic N) is 1. The minimum Gasteiger partial charge on any atom is -0.461 e. The highest BCUT2D eigenvalue weighted by molar-refractivity contribution is 5.98. The predicted octanol–water partition coefficient (Wildman–Crippen LogP) is 2.46. The second kappa shape index (κ2) is 6.22. The Kier molecular flexibility index (Phi) is 4.06. The van der Waals surface area contributed by atoms with Crippen LogP contribution in [0.3, 0.4) is 0 Å². The quantitative estimate of drug-likeness (QED) is 0.908. The van der Waals surface area contributed by atoms with Gasteiger partial charge in [0, 0.05) is 17.0 Å². The molecule has 0 bridgehead atoms. The zero-order valence-corrected chi connectivity index (χ0v) is 14.0. The van der Waals surface area contributed by atoms with E-state index in [4.69, 9.17) is 4.42 Å². The summed E-state index contributed by atoms with van der Waals surface area (Å²) in [6.45, 7) is 4.03. The molecule has 0 spiro atoms. The zero-order chi connectivity index (χ0) is 16.7. The maximum absolute atomic E-state index is 12.6. The van der Waals surface area contributed by atoms with Gasteiger partial charge in [-0.3, -0.25) is 9.69 Å². The average molecular weight is 328 g/mol. The van der Waals surface area contributed by atoms with Gasteiger partial charge in [0.1, 0.15) is 11.3 Å². The van der Waals surface area contributed by atoms with E-state index in [9.17, 15) is 9.90 Å². The maximum atomic E-state index is 12.6. The first-order valence-corrected chi connectivity index (χ1v) is 8.85. The summed E-state index contributed by atoms with van der Waals surface area (Å²) in [4.78, 5) is 14.9. The second-order valence-electron chi connectivity index (χ2n) is 7.07. The summed E-state index contributed by atoms with van der Waals surface area (Å²) < 4.78 is 5.55. The Labute approximate surface area is 141 Å². The topological polar surface area (TPSA) is 65.7 Å². The summed E-state index contributed by atoms with van der Waals surface area (Å²) in [7, 11) is 0. The van der Waals surface area contributed by atoms with E-state index >= 15 is 0 Å². The Bertz CT molecular complexity index is 748. The van der Waals surface area contributed by atoms with Crippen LogP contribution in [0.2, 0.25) is 0 Å². The lowest BCUT2D eigenvalue weighted by atomic mass is 10.1. The summed E-state index contributed by atoms with van der Waals surface area (Å²) in [5.41, 5.74) is 1.40. The van der Waals surface area contributed by atoms with Crippen LogP contribution in [-0.2, 0) is 0 Å². The van der Waals surface area contributed by atoms with Crippen LogP contribution in [0.25, 0.3) is 11.0 Å². The molecule has 5 heteroatoms. The summed E-state index contributed by atoms with van der Waals surface area (Å²) in [5.74, 6) is 0.712. The molecule has 128 valence electrons. The van der Waals surface area contributed by atoms with Crippen LogP contribution in [0.4, 0.5) is 0 Å². The molecule has 1 aromatic carbocycles. The predicted molar refractivity (Wildman–Crippen MR) is 92.0 cm³/mol. The molecule has 1 aromatic heterocycles. The van der Waals surface area contributed by atoms with E-state index in [1.165, 1.54) is 12.8 Å². The fourth-order valence-corrected chi connectivity index (χ4v) is 4.16. The Hall–Kier alpha value is -1.85. The molecule has 0 radical (unpaired) electrons. The van der Waals surface area contributed by atoms with Crippen molar-refractivity contribution in [2.24, 2.45) is 0 Å². The number of aliphatic hydroxyl groups is 1. The number of aliphatic hydroxyl groups excluding tert-OH is 1. The van der Waals surface area contributed by atoms with Crippen LogP contribution in [0.5, 0.6) is 0 Å². The molecule has 4 rings (SSSR count). The van der Waals surface area contributed by atoms with Gasteiger partial charge in [-0.1, -0.05) is 0 Å². The number of furan rings is 1. The fraction of sp³-hybridized carbons (Fsp3) is 0.526. The van der Waals surface area contributed by atoms with Crippen LogP contribution in [0, 0.1) is 6.92 Å². The summed E-state index contributed by atoms with van der Waals surface area (Å²) >= 11 is 0. The molecule has 1 aliphatic heterocycles. The Balaban J connectivity index is 1.45. The van der Waals surface area contributed by atoms with E-state index in [-0.39, 0.29) is 18.0 Å². The van der Waals surface area contributed by atoms with Crippen molar-refractivity contribution in [3.05, 3.63) is 35.6 Å². The van der Waals surface area contributed by atoms with E-state index in [0.29, 0.717) is 5.56 Å². The Morgan fingerprint density at radius 2 is 2.04 bits per heavy atom. The van der Waals surface area contributed by atoms with Gasteiger partial charge in [-0.2, -0.15) is 0 Å². The van der Waals surface area contributed by atoms with Crippen molar-refractivity contribution in [3.8, 4) is 0 Å². The minimum absolute atomic E-state index is 0.123. The molecule has 24 heavy (non-hydrogen) atoms. The molecule has 2 aromatic rings. The molecule has 3 atom stereocenters. The molecular weight excluding hydrogens is 304 g/mol. The van der Waals surface area contributed by atoms with Gasteiger partial charge in [-0.15, -0.1) is 0 Å². The second-order valence-corrected chi connectivity index (χ2v) is 7.07. The summed E-state index contributed by atoms with van der Waals surface area (Å²) in [6.07, 6.45) is 3.73. The highest BCUT2D eigenvalue weighted by atomic mass is 16.3. The van der Waals surface area contributed by atoms with Crippen molar-refractivity contribution in [3.63, 3.8) is 0 Å². The van der Waals surface area contributed by atoms with Crippen LogP contribution in [0.1, 0.15) is 41.8 Å². The minimum atomic E-state index is -0.480. The monoisotopic (exact) mass is 328 g/mol. The van der Waals surface area contributed by atoms with Crippen LogP contribution < -0.4 is 5.32 Å². The van der Waals surface area contributed by atoms with E-state index in [1.807, 2.05) is 25.1 Å². The number of nitrogens with one attached hydrogen (secondary N) is 1. The highest BCUT2D eigenvalue weighted by Crippen LogP contribution is 2.28. The van der Waals surface area contributed by atoms with Crippen molar-refractivity contribution in [1.82, 2.24) is 10.2 Å². The standard InChI is InChI=1S/C19H24N2O3/c1-12-10-14-11-13(4-7-17(14)24-12)19(23)20-15-5-6-16(18(15)22)21-8-2-3-9-21/h4,7,10-11,15-16,18,22H,2-3,5-6,8-9H2,1H3,(H,20,23)/t15-,16-,18-/m1/s1. The molecule has 0 unspecified atom stereocenters. The molecule has 2 heterocycles. The fourth-order valence-electron chi connectivity index (χ4n) is 4.16. The molecule has 2 fully saturated rings. The molecule has 1 aliphatic carbocycles. The van der Waals surface area contributed by atoms with Gasteiger partial charge in [0.15, 0.2) is 0 Å². The van der Waals surface area contributed by atoms with Gasteiger partial charge < -0.3 is 14.8 Å². The van der Waals surface area contributed by atoms with Crippen molar-refractivity contribution in [2.45, 2.75) is 50.8 Å². The summed E-state index contributed by atoms with van der Waals surface area (Å²) in [6, 6.07) is 7.41. The van der Waals surface area contributed by atoms with E-state index in [2.05, 4.69) is 10.2 Å². The third-order valence-corrected chi connectivity index (χ3v) is 5.41. The lowest BCUT2D eigenvalue weighted by molar-refractivity contribution is 0.0619. The maximum Gasteiger partial charge on any atom is 0.251 e. The molecule has 5 nitrogen and oxygen atoms in total. The average Bonchev–Trinajstić information content (AvgIpc) is 3.27. The number of amides is 1. The van der Waals surface area contributed by atoms with Gasteiger partial charge in [0.2, 0.25) is 0 Å². The van der Waals surface area contributed by atoms with Crippen molar-refractivity contribution in [1.29, 1.82) is 0 Å². The number of carbonyl (C=O) groups is 1. The van der Waals surface area contributed by atoms with E-state index in [1.54, 1.807) is 6.07 Å². The SMILES string of the molecule is Cc1cc2cc(C(=O)N[C@@H]3CC[C@@H](N4CCCC4)[C@@H]3O)ccc2o1. The van der Waals surface area contributed by atoms with Gasteiger partial charge in [0.05, 0.1) is 12.1 Å². The molecule has 2 N–H and O–H groups in total. The van der Waals surface area contributed by atoms with Gasteiger partial charge in [0.25, 0.3) is 5.91 Å². The Morgan fingerprint density at radius 3 is 2.83 bits per heavy atom. The van der Waals surface area contributed by atoms with Crippen molar-refractivity contribution < 1.29 is 14.3 Å². The van der Waals surface area contributed by atoms with Crippen LogP contribution >= 0.6 is 0 Å². The molecule has 2 aliphatic rings. The largest absolute Gasteiger partial charge is 0.461 e. The highest BCUT2D eigenvalue weighted by Gasteiger charge is 2.39. The van der Waals surface area contributed by atoms with Crippen molar-refractivity contribution >= 4 is 16.9 Å². The summed E-state index contributed by atoms with van der Waals surface area (Å²) in [5, 5.41) is 14.6. The zero-order valence-electron chi connectivity index (χ0n) is 14.0. The number of aryl methyl sites for hydroxylation is 1. The normalized spacial score (nSPS) is 27.8. The number of hydrogen-bond acceptors (Lipinski definition) is 4. The van der Waals surface area contributed by atoms with Gasteiger partial charge in [-0.05, 0) is 70.0 Å². The molecular formula is C19H24N2O3. The smallest absolute Gasteiger partial charge is 0.251 e. The first-order chi connectivity index (χ1) is 11.6. The van der Waals surface area contributed by atoms with Crippen molar-refractivity contribution in [2.75, 3.05) is 13.1 Å². The third kappa shape index (κ3) is 2.82. The lowest BCUT2D eigenvalue weighted by Crippen LogP contribution is -2.47. The number of carbonyl (C=O) groups excluding carboxylic acids is 1. The third-order valence-electron chi connectivity index (χ3n) is 5.41. The number of hydrogen-bond donors (Lipinski definition) is 2. The molecule has 1 saturated carbocycles. The lowest BCUT2D eigenvalue weighted by Gasteiger charge is -2.28. The number of rotatable bonds is 3. The molecule has 1 saturated heterocycles. The number of benzene rings is 1. The number of likely N-dealkylation sites (tertiary alicyclic amines) is 1. The van der Waals surface area contributed by atoms with Gasteiger partial charge in [-0.25, -0.2) is 0 Å². The first kappa shape index (κ1) is 15.7. The van der Waals surface area contributed by atoms with E-state index in [0.717, 1.165) is 42.7 Å². The number of fused-ring (bicyclic) bond motifs is 1. The first-order valence-electron chi connectivity index (χ1n) is 8.85. The van der Waals surface area contributed by atoms with Crippen LogP contribution in [-0.4, -0.2) is 47.2 Å². The van der Waals surface area contributed by atoms with E-state index < -0.39 is 6.10 Å².